The van der Waals surface area contributed by atoms with Crippen LogP contribution >= 0.6 is 0 Å². The Bertz CT molecular complexity index is 699. The second-order valence-electron chi connectivity index (χ2n) is 5.13. The van der Waals surface area contributed by atoms with Gasteiger partial charge in [-0.25, -0.2) is 0 Å². The molecule has 0 fully saturated rings. The van der Waals surface area contributed by atoms with Gasteiger partial charge in [0.25, 0.3) is 0 Å². The Morgan fingerprint density at radius 1 is 0.958 bits per heavy atom. The molecule has 5 heteroatoms. The number of hydrazone groups is 1. The summed E-state index contributed by atoms with van der Waals surface area (Å²) < 4.78 is 16.1. The third kappa shape index (κ3) is 4.19. The van der Waals surface area contributed by atoms with Gasteiger partial charge >= 0.3 is 0 Å². The molecule has 0 unspecified atom stereocenters. The summed E-state index contributed by atoms with van der Waals surface area (Å²) in [7, 11) is 4.95. The largest absolute Gasteiger partial charge is 0.497 e. The summed E-state index contributed by atoms with van der Waals surface area (Å²) in [6.45, 7) is 2.65. The van der Waals surface area contributed by atoms with E-state index in [1.165, 1.54) is 0 Å². The first-order valence-electron chi connectivity index (χ1n) is 7.87. The molecular weight excluding hydrogens is 304 g/mol. The van der Waals surface area contributed by atoms with Gasteiger partial charge in [-0.05, 0) is 24.6 Å². The van der Waals surface area contributed by atoms with E-state index >= 15 is 0 Å². The average Bonchev–Trinajstić information content (AvgIpc) is 2.65. The molecule has 1 N–H and O–H groups in total. The second-order valence-corrected chi connectivity index (χ2v) is 5.13. The molecule has 128 valence electrons. The summed E-state index contributed by atoms with van der Waals surface area (Å²) in [6.07, 6.45) is 0.779. The second kappa shape index (κ2) is 8.82. The Hall–Kier alpha value is -2.69. The maximum atomic E-state index is 5.46. The van der Waals surface area contributed by atoms with Crippen LogP contribution in [-0.4, -0.2) is 27.0 Å². The van der Waals surface area contributed by atoms with Gasteiger partial charge in [0.2, 0.25) is 0 Å². The highest BCUT2D eigenvalue weighted by molar-refractivity contribution is 6.02. The highest BCUT2D eigenvalue weighted by atomic mass is 16.5. The smallest absolute Gasteiger partial charge is 0.131 e. The van der Waals surface area contributed by atoms with Crippen molar-refractivity contribution >= 4 is 5.71 Å². The molecule has 2 aromatic carbocycles. The van der Waals surface area contributed by atoms with E-state index in [1.807, 2.05) is 42.5 Å². The average molecular weight is 328 g/mol. The van der Waals surface area contributed by atoms with Crippen LogP contribution in [0.5, 0.6) is 17.2 Å². The maximum absolute atomic E-state index is 5.46. The molecule has 0 spiro atoms. The number of hydrogen-bond acceptors (Lipinski definition) is 5. The molecule has 0 saturated heterocycles. The molecule has 2 aromatic rings. The van der Waals surface area contributed by atoms with Gasteiger partial charge in [-0.1, -0.05) is 25.1 Å². The summed E-state index contributed by atoms with van der Waals surface area (Å²) >= 11 is 0. The van der Waals surface area contributed by atoms with Crippen LogP contribution < -0.4 is 19.6 Å². The van der Waals surface area contributed by atoms with Crippen molar-refractivity contribution in [2.75, 3.05) is 21.3 Å². The maximum Gasteiger partial charge on any atom is 0.131 e. The Labute approximate surface area is 143 Å². The molecule has 0 aliphatic carbocycles. The standard InChI is InChI=1S/C19H24N2O3/c1-5-17(16-11-10-15(22-2)12-19(16)24-4)21-20-13-14-8-6-7-9-18(14)23-3/h6-12,20H,5,13H2,1-4H3/b21-17-. The van der Waals surface area contributed by atoms with E-state index in [4.69, 9.17) is 14.2 Å². The number of hydrogen-bond donors (Lipinski definition) is 1. The number of nitrogens with zero attached hydrogens (tertiary/aromatic N) is 1. The molecule has 0 saturated carbocycles. The minimum Gasteiger partial charge on any atom is -0.497 e. The van der Waals surface area contributed by atoms with Crippen LogP contribution in [0.1, 0.15) is 24.5 Å². The zero-order valence-electron chi connectivity index (χ0n) is 14.6. The Balaban J connectivity index is 2.17. The van der Waals surface area contributed by atoms with Crippen LogP contribution in [-0.2, 0) is 6.54 Å². The molecule has 5 nitrogen and oxygen atoms in total. The van der Waals surface area contributed by atoms with Gasteiger partial charge in [0.05, 0.1) is 33.6 Å². The monoisotopic (exact) mass is 328 g/mol. The molecule has 0 aromatic heterocycles. The van der Waals surface area contributed by atoms with E-state index < -0.39 is 0 Å². The van der Waals surface area contributed by atoms with Gasteiger partial charge in [0.15, 0.2) is 0 Å². The fourth-order valence-corrected chi connectivity index (χ4v) is 2.44. The number of benzene rings is 2. The van der Waals surface area contributed by atoms with Gasteiger partial charge in [-0.15, -0.1) is 0 Å². The summed E-state index contributed by atoms with van der Waals surface area (Å²) in [6, 6.07) is 13.6. The van der Waals surface area contributed by atoms with Crippen LogP contribution in [0.3, 0.4) is 0 Å². The normalized spacial score (nSPS) is 11.1. The van der Waals surface area contributed by atoms with Crippen LogP contribution in [0.15, 0.2) is 47.6 Å². The summed E-state index contributed by atoms with van der Waals surface area (Å²) in [4.78, 5) is 0. The fraction of sp³-hybridized carbons (Fsp3) is 0.316. The highest BCUT2D eigenvalue weighted by Crippen LogP contribution is 2.26. The zero-order valence-corrected chi connectivity index (χ0v) is 14.6. The lowest BCUT2D eigenvalue weighted by atomic mass is 10.1. The van der Waals surface area contributed by atoms with Gasteiger partial charge in [0, 0.05) is 17.2 Å². The number of ether oxygens (including phenoxy) is 3. The topological polar surface area (TPSA) is 52.1 Å². The van der Waals surface area contributed by atoms with Crippen molar-refractivity contribution in [1.82, 2.24) is 5.43 Å². The minimum atomic E-state index is 0.589. The SMILES string of the molecule is CC/C(=N/NCc1ccccc1OC)c1ccc(OC)cc1OC. The van der Waals surface area contributed by atoms with Gasteiger partial charge < -0.3 is 19.6 Å². The van der Waals surface area contributed by atoms with Crippen LogP contribution in [0.25, 0.3) is 0 Å². The molecule has 2 rings (SSSR count). The Morgan fingerprint density at radius 3 is 2.38 bits per heavy atom. The molecular formula is C19H24N2O3. The first-order chi connectivity index (χ1) is 11.7. The minimum absolute atomic E-state index is 0.589. The van der Waals surface area contributed by atoms with Gasteiger partial charge in [-0.2, -0.15) is 5.10 Å². The van der Waals surface area contributed by atoms with Crippen molar-refractivity contribution in [3.8, 4) is 17.2 Å². The molecule has 0 amide bonds. The summed E-state index contributed by atoms with van der Waals surface area (Å²) in [5.41, 5.74) is 6.06. The van der Waals surface area contributed by atoms with Crippen molar-refractivity contribution < 1.29 is 14.2 Å². The Morgan fingerprint density at radius 2 is 1.71 bits per heavy atom. The molecule has 0 atom stereocenters. The van der Waals surface area contributed by atoms with E-state index in [0.717, 1.165) is 40.5 Å². The van der Waals surface area contributed by atoms with E-state index in [9.17, 15) is 0 Å². The first-order valence-corrected chi connectivity index (χ1v) is 7.87. The number of para-hydroxylation sites is 1. The van der Waals surface area contributed by atoms with E-state index in [0.29, 0.717) is 6.54 Å². The van der Waals surface area contributed by atoms with Crippen molar-refractivity contribution in [2.45, 2.75) is 19.9 Å². The highest BCUT2D eigenvalue weighted by Gasteiger charge is 2.10. The predicted molar refractivity (Wildman–Crippen MR) is 96.2 cm³/mol. The van der Waals surface area contributed by atoms with Crippen molar-refractivity contribution in [1.29, 1.82) is 0 Å². The van der Waals surface area contributed by atoms with Crippen molar-refractivity contribution in [3.63, 3.8) is 0 Å². The summed E-state index contributed by atoms with van der Waals surface area (Å²) in [5, 5.41) is 4.54. The van der Waals surface area contributed by atoms with E-state index in [2.05, 4.69) is 17.5 Å². The molecule has 0 heterocycles. The number of methoxy groups -OCH3 is 3. The number of rotatable bonds is 8. The van der Waals surface area contributed by atoms with Crippen LogP contribution in [0.4, 0.5) is 0 Å². The molecule has 24 heavy (non-hydrogen) atoms. The zero-order chi connectivity index (χ0) is 17.4. The number of nitrogens with one attached hydrogen (secondary N) is 1. The molecule has 0 bridgehead atoms. The first kappa shape index (κ1) is 17.7. The van der Waals surface area contributed by atoms with Crippen LogP contribution in [0, 0.1) is 0 Å². The molecule has 0 aliphatic heterocycles. The lowest BCUT2D eigenvalue weighted by Crippen LogP contribution is -2.12. The van der Waals surface area contributed by atoms with Gasteiger partial charge in [0.1, 0.15) is 17.2 Å². The lowest BCUT2D eigenvalue weighted by molar-refractivity contribution is 0.393. The predicted octanol–water partition coefficient (Wildman–Crippen LogP) is 3.62. The van der Waals surface area contributed by atoms with Crippen molar-refractivity contribution in [2.24, 2.45) is 5.10 Å². The van der Waals surface area contributed by atoms with Gasteiger partial charge in [-0.3, -0.25) is 0 Å². The van der Waals surface area contributed by atoms with E-state index in [1.54, 1.807) is 21.3 Å². The molecule has 0 radical (unpaired) electrons. The van der Waals surface area contributed by atoms with Crippen LogP contribution in [0.2, 0.25) is 0 Å². The quantitative estimate of drug-likeness (QED) is 0.594. The lowest BCUT2D eigenvalue weighted by Gasteiger charge is -2.12. The van der Waals surface area contributed by atoms with Crippen molar-refractivity contribution in [3.05, 3.63) is 53.6 Å². The Kier molecular flexibility index (Phi) is 6.49. The third-order valence-corrected chi connectivity index (χ3v) is 3.73. The fourth-order valence-electron chi connectivity index (χ4n) is 2.44. The van der Waals surface area contributed by atoms with E-state index in [-0.39, 0.29) is 0 Å². The summed E-state index contributed by atoms with van der Waals surface area (Å²) in [5.74, 6) is 2.35. The molecule has 0 aliphatic rings. The third-order valence-electron chi connectivity index (χ3n) is 3.73.